The van der Waals surface area contributed by atoms with Crippen molar-refractivity contribution in [2.24, 2.45) is 5.73 Å². The van der Waals surface area contributed by atoms with Crippen LogP contribution in [0.25, 0.3) is 11.3 Å². The highest BCUT2D eigenvalue weighted by Gasteiger charge is 2.17. The number of H-pyrrole nitrogens is 1. The molecule has 1 amide bonds. The number of benzene rings is 1. The Hall–Kier alpha value is -2.22. The number of carboxylic acids is 1. The Morgan fingerprint density at radius 3 is 2.61 bits per heavy atom. The van der Waals surface area contributed by atoms with Crippen LogP contribution in [0.1, 0.15) is 20.8 Å². The smallest absolute Gasteiger partial charge is 0.336 e. The highest BCUT2D eigenvalue weighted by atomic mass is 79.9. The third-order valence-electron chi connectivity index (χ3n) is 2.25. The van der Waals surface area contributed by atoms with Crippen molar-refractivity contribution >= 4 is 27.8 Å². The highest BCUT2D eigenvalue weighted by molar-refractivity contribution is 9.10. The minimum absolute atomic E-state index is 0.00461. The third kappa shape index (κ3) is 2.09. The minimum Gasteiger partial charge on any atom is -0.478 e. The molecule has 0 radical (unpaired) electrons. The molecule has 0 fully saturated rings. The van der Waals surface area contributed by atoms with Crippen LogP contribution < -0.4 is 5.73 Å². The van der Waals surface area contributed by atoms with Crippen molar-refractivity contribution in [2.75, 3.05) is 0 Å². The van der Waals surface area contributed by atoms with Crippen molar-refractivity contribution < 1.29 is 14.7 Å². The van der Waals surface area contributed by atoms with E-state index in [0.29, 0.717) is 10.0 Å². The first-order chi connectivity index (χ1) is 8.50. The van der Waals surface area contributed by atoms with Gasteiger partial charge in [-0.05, 0) is 28.1 Å². The Balaban J connectivity index is 2.52. The number of hydrogen-bond donors (Lipinski definition) is 3. The first-order valence-electron chi connectivity index (χ1n) is 4.74. The van der Waals surface area contributed by atoms with Crippen molar-refractivity contribution in [1.82, 2.24) is 15.4 Å². The summed E-state index contributed by atoms with van der Waals surface area (Å²) in [5.74, 6) is -1.76. The largest absolute Gasteiger partial charge is 0.478 e. The van der Waals surface area contributed by atoms with Gasteiger partial charge in [0.2, 0.25) is 0 Å². The third-order valence-corrected chi connectivity index (χ3v) is 2.91. The highest BCUT2D eigenvalue weighted by Crippen LogP contribution is 2.26. The number of hydrogen-bond acceptors (Lipinski definition) is 4. The quantitative estimate of drug-likeness (QED) is 0.781. The molecule has 8 heteroatoms. The van der Waals surface area contributed by atoms with Crippen LogP contribution in [0.2, 0.25) is 0 Å². The number of carbonyl (C=O) groups is 2. The lowest BCUT2D eigenvalue weighted by Gasteiger charge is -2.02. The minimum atomic E-state index is -1.05. The Morgan fingerprint density at radius 1 is 1.33 bits per heavy atom. The molecule has 1 aromatic heterocycles. The van der Waals surface area contributed by atoms with Gasteiger partial charge in [0.25, 0.3) is 5.91 Å². The first-order valence-corrected chi connectivity index (χ1v) is 5.53. The van der Waals surface area contributed by atoms with Crippen molar-refractivity contribution in [3.8, 4) is 11.3 Å². The monoisotopic (exact) mass is 310 g/mol. The Kier molecular flexibility index (Phi) is 3.11. The van der Waals surface area contributed by atoms with Gasteiger partial charge in [0.15, 0.2) is 5.69 Å². The lowest BCUT2D eigenvalue weighted by molar-refractivity contribution is 0.0695. The maximum absolute atomic E-state index is 11.1. The summed E-state index contributed by atoms with van der Waals surface area (Å²) < 4.78 is 0.380. The number of aromatic carboxylic acids is 1. The first kappa shape index (κ1) is 12.2. The predicted molar refractivity (Wildman–Crippen MR) is 65.0 cm³/mol. The van der Waals surface area contributed by atoms with Crippen molar-refractivity contribution in [1.29, 1.82) is 0 Å². The van der Waals surface area contributed by atoms with Crippen molar-refractivity contribution in [3.63, 3.8) is 0 Å². The number of nitrogens with two attached hydrogens (primary N) is 1. The maximum Gasteiger partial charge on any atom is 0.336 e. The van der Waals surface area contributed by atoms with Crippen LogP contribution >= 0.6 is 15.9 Å². The molecule has 0 bridgehead atoms. The Labute approximate surface area is 109 Å². The maximum atomic E-state index is 11.1. The molecule has 92 valence electrons. The molecular formula is C10H7BrN4O3. The van der Waals surface area contributed by atoms with Gasteiger partial charge >= 0.3 is 5.97 Å². The van der Waals surface area contributed by atoms with Gasteiger partial charge in [-0.3, -0.25) is 4.79 Å². The summed E-state index contributed by atoms with van der Waals surface area (Å²) in [7, 11) is 0. The molecule has 2 rings (SSSR count). The molecule has 0 aliphatic heterocycles. The standard InChI is InChI=1S/C10H7BrN4O3/c11-6-3-4(1-2-5(6)10(17)18)7-8(9(12)16)14-15-13-7/h1-3H,(H2,12,16)(H,17,18)(H,13,14,15). The predicted octanol–water partition coefficient (Wildman–Crippen LogP) is 1.03. The fourth-order valence-electron chi connectivity index (χ4n) is 1.44. The number of primary amides is 1. The fraction of sp³-hybridized carbons (Fsp3) is 0. The number of carboxylic acid groups (broad SMARTS) is 1. The zero-order chi connectivity index (χ0) is 13.3. The van der Waals surface area contributed by atoms with Crippen LogP contribution in [-0.4, -0.2) is 32.4 Å². The summed E-state index contributed by atoms with van der Waals surface area (Å²) in [5.41, 5.74) is 6.08. The van der Waals surface area contributed by atoms with Crippen LogP contribution in [0.5, 0.6) is 0 Å². The van der Waals surface area contributed by atoms with E-state index in [4.69, 9.17) is 10.8 Å². The van der Waals surface area contributed by atoms with Gasteiger partial charge in [0.05, 0.1) is 5.56 Å². The van der Waals surface area contributed by atoms with E-state index in [2.05, 4.69) is 31.3 Å². The topological polar surface area (TPSA) is 122 Å². The molecule has 2 aromatic rings. The molecule has 0 aliphatic carbocycles. The lowest BCUT2D eigenvalue weighted by Crippen LogP contribution is -2.12. The van der Waals surface area contributed by atoms with Crippen LogP contribution in [0.15, 0.2) is 22.7 Å². The summed E-state index contributed by atoms with van der Waals surface area (Å²) in [6.07, 6.45) is 0. The Bertz CT molecular complexity index is 638. The number of aromatic nitrogens is 3. The summed E-state index contributed by atoms with van der Waals surface area (Å²) in [6, 6.07) is 4.47. The second-order valence-corrected chi connectivity index (χ2v) is 4.24. The molecule has 0 saturated heterocycles. The van der Waals surface area contributed by atoms with Crippen LogP contribution in [0, 0.1) is 0 Å². The number of halogens is 1. The van der Waals surface area contributed by atoms with E-state index in [0.717, 1.165) is 0 Å². The molecule has 4 N–H and O–H groups in total. The zero-order valence-electron chi connectivity index (χ0n) is 8.85. The molecule has 1 aromatic carbocycles. The molecule has 0 atom stereocenters. The van der Waals surface area contributed by atoms with Gasteiger partial charge in [-0.25, -0.2) is 4.79 Å². The van der Waals surface area contributed by atoms with Gasteiger partial charge in [-0.1, -0.05) is 6.07 Å². The summed E-state index contributed by atoms with van der Waals surface area (Å²) >= 11 is 3.14. The fourth-order valence-corrected chi connectivity index (χ4v) is 1.99. The average Bonchev–Trinajstić information content (AvgIpc) is 2.77. The van der Waals surface area contributed by atoms with Crippen LogP contribution in [0.3, 0.4) is 0 Å². The summed E-state index contributed by atoms with van der Waals surface area (Å²) in [4.78, 5) is 22.0. The van der Waals surface area contributed by atoms with Crippen molar-refractivity contribution in [3.05, 3.63) is 33.9 Å². The van der Waals surface area contributed by atoms with Gasteiger partial charge in [0.1, 0.15) is 5.69 Å². The van der Waals surface area contributed by atoms with E-state index in [1.165, 1.54) is 18.2 Å². The molecule has 0 saturated carbocycles. The number of aromatic amines is 1. The number of amides is 1. The molecule has 18 heavy (non-hydrogen) atoms. The number of rotatable bonds is 3. The van der Waals surface area contributed by atoms with Crippen molar-refractivity contribution in [2.45, 2.75) is 0 Å². The second kappa shape index (κ2) is 4.57. The number of nitrogens with zero attached hydrogens (tertiary/aromatic N) is 2. The zero-order valence-corrected chi connectivity index (χ0v) is 10.4. The van der Waals surface area contributed by atoms with E-state index in [1.807, 2.05) is 0 Å². The second-order valence-electron chi connectivity index (χ2n) is 3.38. The molecule has 1 heterocycles. The van der Waals surface area contributed by atoms with E-state index in [1.54, 1.807) is 0 Å². The summed E-state index contributed by atoms with van der Waals surface area (Å²) in [6.45, 7) is 0. The molecule has 0 unspecified atom stereocenters. The number of nitrogens with one attached hydrogen (secondary N) is 1. The molecular weight excluding hydrogens is 304 g/mol. The van der Waals surface area contributed by atoms with Gasteiger partial charge in [-0.2, -0.15) is 15.4 Å². The lowest BCUT2D eigenvalue weighted by atomic mass is 10.1. The van der Waals surface area contributed by atoms with Crippen LogP contribution in [-0.2, 0) is 0 Å². The van der Waals surface area contributed by atoms with Crippen LogP contribution in [0.4, 0.5) is 0 Å². The van der Waals surface area contributed by atoms with Gasteiger partial charge in [0, 0.05) is 10.0 Å². The van der Waals surface area contributed by atoms with E-state index in [9.17, 15) is 9.59 Å². The number of carbonyl (C=O) groups excluding carboxylic acids is 1. The van der Waals surface area contributed by atoms with E-state index >= 15 is 0 Å². The normalized spacial score (nSPS) is 10.3. The van der Waals surface area contributed by atoms with E-state index in [-0.39, 0.29) is 17.0 Å². The SMILES string of the molecule is NC(=O)c1n[nH]nc1-c1ccc(C(=O)O)c(Br)c1. The molecule has 7 nitrogen and oxygen atoms in total. The van der Waals surface area contributed by atoms with E-state index < -0.39 is 11.9 Å². The van der Waals surface area contributed by atoms with Gasteiger partial charge in [-0.15, -0.1) is 0 Å². The summed E-state index contributed by atoms with van der Waals surface area (Å²) in [5, 5.41) is 18.6. The molecule has 0 aliphatic rings. The Morgan fingerprint density at radius 2 is 2.06 bits per heavy atom. The van der Waals surface area contributed by atoms with Gasteiger partial charge < -0.3 is 10.8 Å². The average molecular weight is 311 g/mol. The molecule has 0 spiro atoms.